The van der Waals surface area contributed by atoms with Gasteiger partial charge in [0.2, 0.25) is 0 Å². The Labute approximate surface area is 120 Å². The highest BCUT2D eigenvalue weighted by atomic mass is 19.4. The first-order valence-electron chi connectivity index (χ1n) is 6.71. The highest BCUT2D eigenvalue weighted by molar-refractivity contribution is 5.78. The molecule has 1 aromatic rings. The Bertz CT molecular complexity index is 488. The van der Waals surface area contributed by atoms with Crippen LogP contribution >= 0.6 is 0 Å². The summed E-state index contributed by atoms with van der Waals surface area (Å²) in [5.41, 5.74) is 4.84. The number of amides is 1. The van der Waals surface area contributed by atoms with E-state index in [0.717, 1.165) is 25.0 Å². The summed E-state index contributed by atoms with van der Waals surface area (Å²) in [5, 5.41) is 0. The van der Waals surface area contributed by atoms with Crippen molar-refractivity contribution in [3.63, 3.8) is 0 Å². The molecule has 1 aromatic carbocycles. The summed E-state index contributed by atoms with van der Waals surface area (Å²) < 4.78 is 42.5. The molecule has 21 heavy (non-hydrogen) atoms. The fourth-order valence-corrected chi connectivity index (χ4v) is 2.38. The number of hydrogen-bond acceptors (Lipinski definition) is 3. The Kier molecular flexibility index (Phi) is 4.72. The summed E-state index contributed by atoms with van der Waals surface area (Å²) in [7, 11) is 0. The number of alkyl halides is 3. The van der Waals surface area contributed by atoms with E-state index in [1.54, 1.807) is 4.90 Å². The minimum atomic E-state index is -4.38. The van der Waals surface area contributed by atoms with Gasteiger partial charge in [-0.05, 0) is 37.1 Å². The maximum absolute atomic E-state index is 12.4. The van der Waals surface area contributed by atoms with Crippen LogP contribution in [0.15, 0.2) is 24.3 Å². The van der Waals surface area contributed by atoms with Crippen LogP contribution in [0.3, 0.4) is 0 Å². The summed E-state index contributed by atoms with van der Waals surface area (Å²) in [4.78, 5) is 13.7. The fraction of sp³-hybridized carbons (Fsp3) is 0.500. The molecule has 1 aliphatic rings. The molecule has 7 heteroatoms. The first-order chi connectivity index (χ1) is 9.91. The molecule has 4 nitrogen and oxygen atoms in total. The van der Waals surface area contributed by atoms with Gasteiger partial charge in [-0.1, -0.05) is 0 Å². The zero-order valence-electron chi connectivity index (χ0n) is 11.4. The van der Waals surface area contributed by atoms with Gasteiger partial charge >= 0.3 is 6.18 Å². The van der Waals surface area contributed by atoms with Crippen molar-refractivity contribution >= 4 is 5.91 Å². The normalized spacial score (nSPS) is 18.9. The molecule has 116 valence electrons. The Balaban J connectivity index is 1.89. The molecule has 0 radical (unpaired) electrons. The lowest BCUT2D eigenvalue weighted by Crippen LogP contribution is -2.42. The molecule has 0 saturated carbocycles. The van der Waals surface area contributed by atoms with E-state index in [1.165, 1.54) is 12.1 Å². The predicted octanol–water partition coefficient (Wildman–Crippen LogP) is 2.03. The van der Waals surface area contributed by atoms with Crippen LogP contribution in [-0.2, 0) is 11.0 Å². The van der Waals surface area contributed by atoms with Crippen LogP contribution in [0.4, 0.5) is 13.2 Å². The van der Waals surface area contributed by atoms with E-state index in [9.17, 15) is 18.0 Å². The lowest BCUT2D eigenvalue weighted by molar-refractivity contribution is -0.138. The number of nitrogens with zero attached hydrogens (tertiary/aromatic N) is 1. The van der Waals surface area contributed by atoms with Gasteiger partial charge in [0, 0.05) is 19.1 Å². The first-order valence-corrected chi connectivity index (χ1v) is 6.71. The summed E-state index contributed by atoms with van der Waals surface area (Å²) in [6.45, 7) is 0.866. The van der Waals surface area contributed by atoms with Gasteiger partial charge in [-0.3, -0.25) is 4.79 Å². The van der Waals surface area contributed by atoms with Crippen LogP contribution in [0.5, 0.6) is 5.75 Å². The van der Waals surface area contributed by atoms with Crippen LogP contribution in [0, 0.1) is 0 Å². The van der Waals surface area contributed by atoms with Gasteiger partial charge in [0.15, 0.2) is 6.61 Å². The molecule has 1 heterocycles. The number of carbonyl (C=O) groups excluding carboxylic acids is 1. The van der Waals surface area contributed by atoms with E-state index in [1.807, 2.05) is 0 Å². The highest BCUT2D eigenvalue weighted by Gasteiger charge is 2.30. The zero-order valence-corrected chi connectivity index (χ0v) is 11.4. The van der Waals surface area contributed by atoms with Gasteiger partial charge in [0.05, 0.1) is 5.56 Å². The predicted molar refractivity (Wildman–Crippen MR) is 70.7 cm³/mol. The Morgan fingerprint density at radius 3 is 2.57 bits per heavy atom. The summed E-state index contributed by atoms with van der Waals surface area (Å²) in [5.74, 6) is 0.0442. The second-order valence-electron chi connectivity index (χ2n) is 4.93. The number of ether oxygens (including phenoxy) is 1. The molecule has 1 aliphatic heterocycles. The van der Waals surface area contributed by atoms with Gasteiger partial charge in [-0.25, -0.2) is 0 Å². The molecule has 1 amide bonds. The molecule has 0 aliphatic carbocycles. The highest BCUT2D eigenvalue weighted by Crippen LogP contribution is 2.30. The number of benzene rings is 1. The summed E-state index contributed by atoms with van der Waals surface area (Å²) in [6.07, 6.45) is -2.59. The third-order valence-electron chi connectivity index (χ3n) is 3.51. The average molecular weight is 302 g/mol. The smallest absolute Gasteiger partial charge is 0.416 e. The van der Waals surface area contributed by atoms with Gasteiger partial charge in [-0.15, -0.1) is 0 Å². The minimum absolute atomic E-state index is 0.0358. The van der Waals surface area contributed by atoms with E-state index in [0.29, 0.717) is 13.1 Å². The average Bonchev–Trinajstić information content (AvgIpc) is 2.92. The lowest BCUT2D eigenvalue weighted by atomic mass is 10.2. The van der Waals surface area contributed by atoms with Crippen molar-refractivity contribution in [3.05, 3.63) is 29.8 Å². The molecular formula is C14H17F3N2O2. The quantitative estimate of drug-likeness (QED) is 0.926. The van der Waals surface area contributed by atoms with Gasteiger partial charge in [0.1, 0.15) is 5.75 Å². The number of nitrogens with two attached hydrogens (primary N) is 1. The van der Waals surface area contributed by atoms with Crippen LogP contribution in [0.25, 0.3) is 0 Å². The van der Waals surface area contributed by atoms with Crippen molar-refractivity contribution in [1.29, 1.82) is 0 Å². The molecule has 2 N–H and O–H groups in total. The largest absolute Gasteiger partial charge is 0.484 e. The maximum atomic E-state index is 12.4. The van der Waals surface area contributed by atoms with Gasteiger partial charge < -0.3 is 15.4 Å². The van der Waals surface area contributed by atoms with E-state index in [4.69, 9.17) is 10.5 Å². The fourth-order valence-electron chi connectivity index (χ4n) is 2.38. The molecule has 1 fully saturated rings. The number of halogens is 3. The van der Waals surface area contributed by atoms with E-state index < -0.39 is 11.7 Å². The zero-order chi connectivity index (χ0) is 15.5. The Hall–Kier alpha value is -1.76. The van der Waals surface area contributed by atoms with Crippen LogP contribution < -0.4 is 10.5 Å². The number of hydrogen-bond donors (Lipinski definition) is 1. The molecule has 1 unspecified atom stereocenters. The van der Waals surface area contributed by atoms with Crippen molar-refractivity contribution in [2.75, 3.05) is 19.7 Å². The van der Waals surface area contributed by atoms with Crippen LogP contribution in [-0.4, -0.2) is 36.5 Å². The van der Waals surface area contributed by atoms with Crippen molar-refractivity contribution < 1.29 is 22.7 Å². The van der Waals surface area contributed by atoms with E-state index in [2.05, 4.69) is 0 Å². The molecule has 0 aromatic heterocycles. The number of likely N-dealkylation sites (tertiary alicyclic amines) is 1. The van der Waals surface area contributed by atoms with Crippen LogP contribution in [0.2, 0.25) is 0 Å². The lowest BCUT2D eigenvalue weighted by Gasteiger charge is -2.23. The topological polar surface area (TPSA) is 55.6 Å². The minimum Gasteiger partial charge on any atom is -0.484 e. The number of rotatable bonds is 4. The Morgan fingerprint density at radius 1 is 1.33 bits per heavy atom. The van der Waals surface area contributed by atoms with Crippen molar-refractivity contribution in [2.45, 2.75) is 25.1 Å². The Morgan fingerprint density at radius 2 is 2.00 bits per heavy atom. The third-order valence-corrected chi connectivity index (χ3v) is 3.51. The van der Waals surface area contributed by atoms with Crippen molar-refractivity contribution in [3.8, 4) is 5.75 Å². The van der Waals surface area contributed by atoms with E-state index >= 15 is 0 Å². The molecule has 1 saturated heterocycles. The van der Waals surface area contributed by atoms with Crippen molar-refractivity contribution in [2.24, 2.45) is 5.73 Å². The standard InChI is InChI=1S/C14H17F3N2O2/c15-14(16,17)10-3-5-12(6-4-10)21-9-13(20)19-7-1-2-11(19)8-18/h3-6,11H,1-2,7-9,18H2. The van der Waals surface area contributed by atoms with Crippen molar-refractivity contribution in [1.82, 2.24) is 4.90 Å². The molecular weight excluding hydrogens is 285 g/mol. The second-order valence-corrected chi connectivity index (χ2v) is 4.93. The third kappa shape index (κ3) is 3.87. The molecule has 0 bridgehead atoms. The first kappa shape index (κ1) is 15.6. The number of carbonyl (C=O) groups is 1. The monoisotopic (exact) mass is 302 g/mol. The van der Waals surface area contributed by atoms with E-state index in [-0.39, 0.29) is 24.3 Å². The molecule has 1 atom stereocenters. The second kappa shape index (κ2) is 6.34. The summed E-state index contributed by atoms with van der Waals surface area (Å²) >= 11 is 0. The molecule has 2 rings (SSSR count). The maximum Gasteiger partial charge on any atom is 0.416 e. The van der Waals surface area contributed by atoms with Crippen LogP contribution in [0.1, 0.15) is 18.4 Å². The SMILES string of the molecule is NCC1CCCN1C(=O)COc1ccc(C(F)(F)F)cc1. The molecule has 0 spiro atoms. The summed E-state index contributed by atoms with van der Waals surface area (Å²) in [6, 6.07) is 4.31. The van der Waals surface area contributed by atoms with Gasteiger partial charge in [0.25, 0.3) is 5.91 Å². The van der Waals surface area contributed by atoms with Gasteiger partial charge in [-0.2, -0.15) is 13.2 Å².